The Bertz CT molecular complexity index is 334. The Morgan fingerprint density at radius 2 is 1.84 bits per heavy atom. The maximum Gasteiger partial charge on any atom is 0.326 e. The van der Waals surface area contributed by atoms with E-state index in [-0.39, 0.29) is 13.0 Å². The van der Waals surface area contributed by atoms with Crippen molar-refractivity contribution in [1.29, 1.82) is 0 Å². The highest BCUT2D eigenvalue weighted by Crippen LogP contribution is 2.09. The number of hydrogen-bond acceptors (Lipinski definition) is 5. The van der Waals surface area contributed by atoms with Crippen molar-refractivity contribution < 1.29 is 29.0 Å². The van der Waals surface area contributed by atoms with Gasteiger partial charge in [-0.1, -0.05) is 0 Å². The molecule has 0 aromatic heterocycles. The number of amides is 1. The second-order valence-electron chi connectivity index (χ2n) is 4.99. The van der Waals surface area contributed by atoms with Gasteiger partial charge in [-0.25, -0.2) is 4.79 Å². The van der Waals surface area contributed by atoms with Crippen molar-refractivity contribution >= 4 is 17.8 Å². The number of hydrogen-bond donors (Lipinski definition) is 2. The second kappa shape index (κ2) is 7.73. The van der Waals surface area contributed by atoms with Gasteiger partial charge in [-0.2, -0.15) is 0 Å². The lowest BCUT2D eigenvalue weighted by Gasteiger charge is -2.21. The molecule has 2 N–H and O–H groups in total. The Hall–Kier alpha value is -1.63. The lowest BCUT2D eigenvalue weighted by molar-refractivity contribution is -0.158. The molecule has 19 heavy (non-hydrogen) atoms. The molecule has 0 bridgehead atoms. The smallest absolute Gasteiger partial charge is 0.326 e. The van der Waals surface area contributed by atoms with Crippen LogP contribution in [0.5, 0.6) is 0 Å². The average Bonchev–Trinajstić information content (AvgIpc) is 2.22. The Balaban J connectivity index is 4.38. The molecule has 0 saturated heterocycles. The van der Waals surface area contributed by atoms with Gasteiger partial charge in [0, 0.05) is 13.5 Å². The number of carbonyl (C=O) groups is 3. The Labute approximate surface area is 112 Å². The quantitative estimate of drug-likeness (QED) is 0.649. The van der Waals surface area contributed by atoms with Crippen LogP contribution in [0.1, 0.15) is 33.6 Å². The maximum atomic E-state index is 11.5. The highest BCUT2D eigenvalue weighted by Gasteiger charge is 2.26. The zero-order valence-corrected chi connectivity index (χ0v) is 11.7. The van der Waals surface area contributed by atoms with E-state index in [0.29, 0.717) is 0 Å². The van der Waals surface area contributed by atoms with Crippen molar-refractivity contribution in [2.45, 2.75) is 45.3 Å². The number of esters is 1. The van der Waals surface area contributed by atoms with Gasteiger partial charge in [0.05, 0.1) is 13.0 Å². The summed E-state index contributed by atoms with van der Waals surface area (Å²) in [4.78, 5) is 33.8. The minimum absolute atomic E-state index is 0.0363. The number of carboxylic acid groups (broad SMARTS) is 1. The summed E-state index contributed by atoms with van der Waals surface area (Å²) in [7, 11) is 1.43. The summed E-state index contributed by atoms with van der Waals surface area (Å²) in [6, 6.07) is -1.29. The fourth-order valence-electron chi connectivity index (χ4n) is 1.21. The first-order valence-electron chi connectivity index (χ1n) is 5.88. The molecule has 0 radical (unpaired) electrons. The summed E-state index contributed by atoms with van der Waals surface area (Å²) in [5.41, 5.74) is -0.694. The number of nitrogens with one attached hydrogen (secondary N) is 1. The van der Waals surface area contributed by atoms with E-state index in [9.17, 15) is 14.4 Å². The molecule has 0 fully saturated rings. The largest absolute Gasteiger partial charge is 0.480 e. The first-order valence-corrected chi connectivity index (χ1v) is 5.88. The monoisotopic (exact) mass is 275 g/mol. The second-order valence-corrected chi connectivity index (χ2v) is 4.99. The topological polar surface area (TPSA) is 102 Å². The van der Waals surface area contributed by atoms with E-state index in [1.165, 1.54) is 7.11 Å². The van der Waals surface area contributed by atoms with Crippen LogP contribution >= 0.6 is 0 Å². The van der Waals surface area contributed by atoms with Gasteiger partial charge in [-0.05, 0) is 20.8 Å². The van der Waals surface area contributed by atoms with Crippen molar-refractivity contribution in [3.63, 3.8) is 0 Å². The molecule has 0 aliphatic carbocycles. The highest BCUT2D eigenvalue weighted by atomic mass is 16.6. The van der Waals surface area contributed by atoms with E-state index >= 15 is 0 Å². The summed E-state index contributed by atoms with van der Waals surface area (Å²) in [6.45, 7) is 5.22. The van der Waals surface area contributed by atoms with Gasteiger partial charge in [-0.15, -0.1) is 0 Å². The van der Waals surface area contributed by atoms with Gasteiger partial charge in [0.1, 0.15) is 11.6 Å². The summed E-state index contributed by atoms with van der Waals surface area (Å²) in [6.07, 6.45) is -0.375. The van der Waals surface area contributed by atoms with E-state index in [4.69, 9.17) is 14.6 Å². The molecule has 1 atom stereocenters. The van der Waals surface area contributed by atoms with Crippen LogP contribution in [0.15, 0.2) is 0 Å². The van der Waals surface area contributed by atoms with Crippen LogP contribution < -0.4 is 5.32 Å². The van der Waals surface area contributed by atoms with E-state index in [0.717, 1.165) is 0 Å². The molecule has 0 saturated carbocycles. The highest BCUT2D eigenvalue weighted by molar-refractivity contribution is 5.87. The lowest BCUT2D eigenvalue weighted by Crippen LogP contribution is -2.43. The molecular formula is C12H21NO6. The molecule has 0 rings (SSSR count). The Kier molecular flexibility index (Phi) is 7.06. The molecule has 110 valence electrons. The molecule has 7 heteroatoms. The number of aliphatic carboxylic acids is 1. The average molecular weight is 275 g/mol. The molecule has 0 aromatic carbocycles. The molecule has 1 amide bonds. The Morgan fingerprint density at radius 1 is 1.26 bits per heavy atom. The van der Waals surface area contributed by atoms with E-state index in [1.807, 2.05) is 0 Å². The molecule has 0 unspecified atom stereocenters. The number of carbonyl (C=O) groups excluding carboxylic acids is 2. The van der Waals surface area contributed by atoms with Crippen molar-refractivity contribution in [1.82, 2.24) is 5.32 Å². The van der Waals surface area contributed by atoms with Crippen LogP contribution in [0.25, 0.3) is 0 Å². The molecular weight excluding hydrogens is 254 g/mol. The molecule has 0 aromatic rings. The summed E-state index contributed by atoms with van der Waals surface area (Å²) in [5.74, 6) is -2.44. The van der Waals surface area contributed by atoms with Gasteiger partial charge in [0.2, 0.25) is 5.91 Å². The molecule has 0 aliphatic rings. The molecule has 0 aliphatic heterocycles. The predicted octanol–water partition coefficient (Wildman–Crippen LogP) is 0.324. The fraction of sp³-hybridized carbons (Fsp3) is 0.750. The molecule has 0 spiro atoms. The van der Waals surface area contributed by atoms with E-state index < -0.39 is 35.9 Å². The van der Waals surface area contributed by atoms with Crippen molar-refractivity contribution in [2.24, 2.45) is 0 Å². The van der Waals surface area contributed by atoms with Crippen molar-refractivity contribution in [3.8, 4) is 0 Å². The zero-order chi connectivity index (χ0) is 15.1. The number of ether oxygens (including phenoxy) is 2. The first kappa shape index (κ1) is 17.4. The number of carboxylic acids is 1. The van der Waals surface area contributed by atoms with Crippen LogP contribution in [-0.4, -0.2) is 48.3 Å². The SMILES string of the molecule is COCCC(=O)N[C@@H](CC(=O)OC(C)(C)C)C(=O)O. The lowest BCUT2D eigenvalue weighted by atomic mass is 10.1. The minimum atomic E-state index is -1.29. The summed E-state index contributed by atoms with van der Waals surface area (Å²) < 4.78 is 9.70. The summed E-state index contributed by atoms with van der Waals surface area (Å²) >= 11 is 0. The van der Waals surface area contributed by atoms with Crippen LogP contribution in [0, 0.1) is 0 Å². The van der Waals surface area contributed by atoms with Gasteiger partial charge < -0.3 is 19.9 Å². The number of rotatable bonds is 7. The third-order valence-electron chi connectivity index (χ3n) is 1.96. The van der Waals surface area contributed by atoms with Crippen molar-refractivity contribution in [2.75, 3.05) is 13.7 Å². The molecule has 0 heterocycles. The van der Waals surface area contributed by atoms with E-state index in [1.54, 1.807) is 20.8 Å². The third-order valence-corrected chi connectivity index (χ3v) is 1.96. The van der Waals surface area contributed by atoms with Crippen LogP contribution in [-0.2, 0) is 23.9 Å². The fourth-order valence-corrected chi connectivity index (χ4v) is 1.21. The molecule has 7 nitrogen and oxygen atoms in total. The van der Waals surface area contributed by atoms with Crippen LogP contribution in [0.2, 0.25) is 0 Å². The Morgan fingerprint density at radius 3 is 2.26 bits per heavy atom. The third kappa shape index (κ3) is 9.01. The van der Waals surface area contributed by atoms with Gasteiger partial charge in [0.25, 0.3) is 0 Å². The van der Waals surface area contributed by atoms with Crippen LogP contribution in [0.3, 0.4) is 0 Å². The summed E-state index contributed by atoms with van der Waals surface area (Å²) in [5, 5.41) is 11.2. The predicted molar refractivity (Wildman–Crippen MR) is 66.5 cm³/mol. The first-order chi connectivity index (χ1) is 8.65. The maximum absolute atomic E-state index is 11.5. The van der Waals surface area contributed by atoms with Gasteiger partial charge >= 0.3 is 11.9 Å². The zero-order valence-electron chi connectivity index (χ0n) is 11.7. The van der Waals surface area contributed by atoms with Crippen LogP contribution in [0.4, 0.5) is 0 Å². The minimum Gasteiger partial charge on any atom is -0.480 e. The standard InChI is InChI=1S/C12H21NO6/c1-12(2,3)19-10(15)7-8(11(16)17)13-9(14)5-6-18-4/h8H,5-7H2,1-4H3,(H,13,14)(H,16,17)/t8-/m0/s1. The van der Waals surface area contributed by atoms with Gasteiger partial charge in [0.15, 0.2) is 0 Å². The van der Waals surface area contributed by atoms with Crippen molar-refractivity contribution in [3.05, 3.63) is 0 Å². The van der Waals surface area contributed by atoms with E-state index in [2.05, 4.69) is 5.32 Å². The number of methoxy groups -OCH3 is 1. The normalized spacial score (nSPS) is 12.6. The van der Waals surface area contributed by atoms with Gasteiger partial charge in [-0.3, -0.25) is 9.59 Å².